The molecule has 0 bridgehead atoms. The summed E-state index contributed by atoms with van der Waals surface area (Å²) >= 11 is 5.22. The van der Waals surface area contributed by atoms with Crippen molar-refractivity contribution in [1.29, 1.82) is 0 Å². The zero-order valence-electron chi connectivity index (χ0n) is 9.03. The highest BCUT2D eigenvalue weighted by Crippen LogP contribution is 2.18. The molecular formula is C12H13BrN2S. The molecule has 0 saturated heterocycles. The van der Waals surface area contributed by atoms with Crippen LogP contribution in [0.25, 0.3) is 0 Å². The van der Waals surface area contributed by atoms with Crippen molar-refractivity contribution in [2.45, 2.75) is 19.9 Å². The van der Waals surface area contributed by atoms with Gasteiger partial charge in [0.25, 0.3) is 0 Å². The highest BCUT2D eigenvalue weighted by atomic mass is 79.9. The molecule has 16 heavy (non-hydrogen) atoms. The number of nitrogens with one attached hydrogen (secondary N) is 1. The van der Waals surface area contributed by atoms with Crippen LogP contribution in [0, 0.1) is 0 Å². The standard InChI is InChI=1S/C12H13BrN2S/c1-2-12-15-8-11(16-12)7-14-10-5-3-4-9(13)6-10/h3-6,8,14H,2,7H2,1H3. The fraction of sp³-hybridized carbons (Fsp3) is 0.250. The molecule has 0 saturated carbocycles. The molecule has 2 aromatic rings. The Morgan fingerprint density at radius 1 is 1.44 bits per heavy atom. The van der Waals surface area contributed by atoms with E-state index in [1.54, 1.807) is 11.3 Å². The first-order chi connectivity index (χ1) is 7.78. The summed E-state index contributed by atoms with van der Waals surface area (Å²) in [6.45, 7) is 2.97. The molecule has 0 unspecified atom stereocenters. The number of rotatable bonds is 4. The fourth-order valence-electron chi connectivity index (χ4n) is 1.38. The lowest BCUT2D eigenvalue weighted by Crippen LogP contribution is -1.96. The average Bonchev–Trinajstić information content (AvgIpc) is 2.74. The smallest absolute Gasteiger partial charge is 0.0925 e. The lowest BCUT2D eigenvalue weighted by atomic mass is 10.3. The molecule has 0 atom stereocenters. The number of thiazole rings is 1. The first-order valence-corrected chi connectivity index (χ1v) is 6.82. The van der Waals surface area contributed by atoms with Gasteiger partial charge in [-0.2, -0.15) is 0 Å². The van der Waals surface area contributed by atoms with Crippen LogP contribution in [0.15, 0.2) is 34.9 Å². The summed E-state index contributed by atoms with van der Waals surface area (Å²) in [4.78, 5) is 5.61. The molecule has 84 valence electrons. The second-order valence-corrected chi connectivity index (χ2v) is 5.55. The van der Waals surface area contributed by atoms with Gasteiger partial charge in [0.1, 0.15) is 0 Å². The highest BCUT2D eigenvalue weighted by Gasteiger charge is 2.00. The number of nitrogens with zero attached hydrogens (tertiary/aromatic N) is 1. The Kier molecular flexibility index (Phi) is 3.96. The molecular weight excluding hydrogens is 284 g/mol. The summed E-state index contributed by atoms with van der Waals surface area (Å²) in [6, 6.07) is 8.18. The summed E-state index contributed by atoms with van der Waals surface area (Å²) in [5.74, 6) is 0. The minimum absolute atomic E-state index is 0.841. The highest BCUT2D eigenvalue weighted by molar-refractivity contribution is 9.10. The van der Waals surface area contributed by atoms with Crippen molar-refractivity contribution >= 4 is 33.0 Å². The first kappa shape index (κ1) is 11.6. The number of hydrogen-bond acceptors (Lipinski definition) is 3. The molecule has 2 rings (SSSR count). The van der Waals surface area contributed by atoms with Crippen LogP contribution < -0.4 is 5.32 Å². The number of hydrogen-bond donors (Lipinski definition) is 1. The van der Waals surface area contributed by atoms with Gasteiger partial charge in [-0.1, -0.05) is 28.9 Å². The Hall–Kier alpha value is -0.870. The molecule has 0 radical (unpaired) electrons. The van der Waals surface area contributed by atoms with Crippen LogP contribution >= 0.6 is 27.3 Å². The maximum atomic E-state index is 4.33. The van der Waals surface area contributed by atoms with Gasteiger partial charge in [-0.05, 0) is 24.6 Å². The molecule has 4 heteroatoms. The normalized spacial score (nSPS) is 10.4. The Morgan fingerprint density at radius 2 is 2.31 bits per heavy atom. The van der Waals surface area contributed by atoms with Gasteiger partial charge in [-0.3, -0.25) is 0 Å². The van der Waals surface area contributed by atoms with E-state index >= 15 is 0 Å². The summed E-state index contributed by atoms with van der Waals surface area (Å²) in [5.41, 5.74) is 1.13. The van der Waals surface area contributed by atoms with E-state index in [2.05, 4.69) is 45.3 Å². The van der Waals surface area contributed by atoms with Gasteiger partial charge in [-0.15, -0.1) is 11.3 Å². The largest absolute Gasteiger partial charge is 0.380 e. The van der Waals surface area contributed by atoms with Gasteiger partial charge in [-0.25, -0.2) is 4.98 Å². The molecule has 0 fully saturated rings. The Bertz CT molecular complexity index is 468. The zero-order valence-corrected chi connectivity index (χ0v) is 11.4. The zero-order chi connectivity index (χ0) is 11.4. The van der Waals surface area contributed by atoms with Crippen LogP contribution in [0.2, 0.25) is 0 Å². The SMILES string of the molecule is CCc1ncc(CNc2cccc(Br)c2)s1. The predicted molar refractivity (Wildman–Crippen MR) is 73.0 cm³/mol. The second kappa shape index (κ2) is 5.46. The predicted octanol–water partition coefficient (Wildman–Crippen LogP) is 4.08. The van der Waals surface area contributed by atoms with Gasteiger partial charge >= 0.3 is 0 Å². The quantitative estimate of drug-likeness (QED) is 0.919. The molecule has 0 aliphatic rings. The van der Waals surface area contributed by atoms with E-state index in [4.69, 9.17) is 0 Å². The molecule has 0 aliphatic carbocycles. The number of aromatic nitrogens is 1. The minimum Gasteiger partial charge on any atom is -0.380 e. The Morgan fingerprint density at radius 3 is 3.00 bits per heavy atom. The monoisotopic (exact) mass is 296 g/mol. The Labute approximate surface area is 108 Å². The average molecular weight is 297 g/mol. The molecule has 2 nitrogen and oxygen atoms in total. The number of halogens is 1. The van der Waals surface area contributed by atoms with Crippen molar-refractivity contribution in [1.82, 2.24) is 4.98 Å². The topological polar surface area (TPSA) is 24.9 Å². The van der Waals surface area contributed by atoms with Crippen LogP contribution in [0.4, 0.5) is 5.69 Å². The van der Waals surface area contributed by atoms with Crippen LogP contribution in [0.1, 0.15) is 16.8 Å². The van der Waals surface area contributed by atoms with Crippen LogP contribution in [-0.4, -0.2) is 4.98 Å². The van der Waals surface area contributed by atoms with Gasteiger partial charge in [0.2, 0.25) is 0 Å². The van der Waals surface area contributed by atoms with Crippen molar-refractivity contribution in [2.75, 3.05) is 5.32 Å². The van der Waals surface area contributed by atoms with E-state index in [0.717, 1.165) is 23.1 Å². The van der Waals surface area contributed by atoms with Crippen LogP contribution in [0.3, 0.4) is 0 Å². The lowest BCUT2D eigenvalue weighted by Gasteiger charge is -2.04. The summed E-state index contributed by atoms with van der Waals surface area (Å²) in [5, 5.41) is 4.58. The van der Waals surface area contributed by atoms with E-state index in [1.807, 2.05) is 18.3 Å². The third-order valence-corrected chi connectivity index (χ3v) is 3.83. The number of aryl methyl sites for hydroxylation is 1. The minimum atomic E-state index is 0.841. The number of benzene rings is 1. The van der Waals surface area contributed by atoms with Gasteiger partial charge in [0, 0.05) is 21.2 Å². The van der Waals surface area contributed by atoms with Gasteiger partial charge in [0.05, 0.1) is 11.6 Å². The maximum Gasteiger partial charge on any atom is 0.0925 e. The summed E-state index contributed by atoms with van der Waals surface area (Å²) < 4.78 is 1.09. The summed E-state index contributed by atoms with van der Waals surface area (Å²) in [6.07, 6.45) is 2.97. The molecule has 0 amide bonds. The first-order valence-electron chi connectivity index (χ1n) is 5.21. The molecule has 0 spiro atoms. The third-order valence-electron chi connectivity index (χ3n) is 2.20. The summed E-state index contributed by atoms with van der Waals surface area (Å²) in [7, 11) is 0. The molecule has 1 aromatic carbocycles. The van der Waals surface area contributed by atoms with E-state index in [1.165, 1.54) is 9.88 Å². The molecule has 1 heterocycles. The van der Waals surface area contributed by atoms with Crippen molar-refractivity contribution in [3.8, 4) is 0 Å². The fourth-order valence-corrected chi connectivity index (χ4v) is 2.58. The third kappa shape index (κ3) is 3.06. The second-order valence-electron chi connectivity index (χ2n) is 3.44. The van der Waals surface area contributed by atoms with Gasteiger partial charge < -0.3 is 5.32 Å². The molecule has 1 N–H and O–H groups in total. The molecule has 0 aliphatic heterocycles. The lowest BCUT2D eigenvalue weighted by molar-refractivity contribution is 1.09. The number of anilines is 1. The van der Waals surface area contributed by atoms with E-state index in [9.17, 15) is 0 Å². The Balaban J connectivity index is 1.96. The van der Waals surface area contributed by atoms with E-state index in [-0.39, 0.29) is 0 Å². The van der Waals surface area contributed by atoms with Crippen LogP contribution in [-0.2, 0) is 13.0 Å². The van der Waals surface area contributed by atoms with Crippen molar-refractivity contribution < 1.29 is 0 Å². The van der Waals surface area contributed by atoms with E-state index in [0.29, 0.717) is 0 Å². The maximum absolute atomic E-state index is 4.33. The molecule has 1 aromatic heterocycles. The van der Waals surface area contributed by atoms with Crippen molar-refractivity contribution in [3.63, 3.8) is 0 Å². The van der Waals surface area contributed by atoms with Gasteiger partial charge in [0.15, 0.2) is 0 Å². The van der Waals surface area contributed by atoms with Crippen LogP contribution in [0.5, 0.6) is 0 Å². The van der Waals surface area contributed by atoms with Crippen molar-refractivity contribution in [3.05, 3.63) is 44.8 Å². The van der Waals surface area contributed by atoms with E-state index < -0.39 is 0 Å². The van der Waals surface area contributed by atoms with Crippen molar-refractivity contribution in [2.24, 2.45) is 0 Å².